The third-order valence-electron chi connectivity index (χ3n) is 4.87. The highest BCUT2D eigenvalue weighted by Crippen LogP contribution is 2.18. The molecule has 0 atom stereocenters. The average Bonchev–Trinajstić information content (AvgIpc) is 3.25. The van der Waals surface area contributed by atoms with Crippen molar-refractivity contribution in [1.82, 2.24) is 10.3 Å². The van der Waals surface area contributed by atoms with Crippen molar-refractivity contribution in [3.8, 4) is 0 Å². The van der Waals surface area contributed by atoms with E-state index in [-0.39, 0.29) is 30.6 Å². The lowest BCUT2D eigenvalue weighted by Gasteiger charge is -2.13. The van der Waals surface area contributed by atoms with Gasteiger partial charge in [0.2, 0.25) is 11.8 Å². The van der Waals surface area contributed by atoms with E-state index in [1.54, 1.807) is 18.2 Å². The van der Waals surface area contributed by atoms with Crippen LogP contribution in [0.3, 0.4) is 0 Å². The van der Waals surface area contributed by atoms with Gasteiger partial charge in [-0.25, -0.2) is 5.01 Å². The summed E-state index contributed by atoms with van der Waals surface area (Å²) in [6, 6.07) is 14.9. The minimum Gasteiger partial charge on any atom is -0.352 e. The molecule has 2 N–H and O–H groups in total. The van der Waals surface area contributed by atoms with Crippen LogP contribution >= 0.6 is 0 Å². The molecule has 1 aliphatic rings. The lowest BCUT2D eigenvalue weighted by molar-refractivity contribution is -0.132. The number of carbonyl (C=O) groups excluding carboxylic acids is 3. The molecule has 0 aromatic heterocycles. The van der Waals surface area contributed by atoms with E-state index in [1.165, 1.54) is 5.01 Å². The van der Waals surface area contributed by atoms with Gasteiger partial charge in [0, 0.05) is 37.1 Å². The maximum Gasteiger partial charge on any atom is 0.251 e. The van der Waals surface area contributed by atoms with E-state index in [4.69, 9.17) is 0 Å². The van der Waals surface area contributed by atoms with E-state index in [0.29, 0.717) is 30.8 Å². The molecule has 0 fully saturated rings. The highest BCUT2D eigenvalue weighted by molar-refractivity contribution is 6.03. The molecule has 3 amide bonds. The molecule has 156 valence electrons. The first-order chi connectivity index (χ1) is 14.5. The van der Waals surface area contributed by atoms with Crippen LogP contribution in [0.2, 0.25) is 0 Å². The topological polar surface area (TPSA) is 90.9 Å². The zero-order valence-corrected chi connectivity index (χ0v) is 17.3. The molecule has 3 rings (SSSR count). The Morgan fingerprint density at radius 3 is 2.57 bits per heavy atom. The van der Waals surface area contributed by atoms with Gasteiger partial charge >= 0.3 is 0 Å². The second kappa shape index (κ2) is 9.82. The molecular weight excluding hydrogens is 380 g/mol. The van der Waals surface area contributed by atoms with Crippen molar-refractivity contribution in [2.24, 2.45) is 5.10 Å². The Balaban J connectivity index is 1.55. The Morgan fingerprint density at radius 2 is 1.83 bits per heavy atom. The van der Waals surface area contributed by atoms with Crippen LogP contribution in [-0.4, -0.2) is 41.5 Å². The molecule has 1 heterocycles. The number of nitrogens with one attached hydrogen (secondary N) is 2. The third kappa shape index (κ3) is 5.31. The summed E-state index contributed by atoms with van der Waals surface area (Å²) in [5.74, 6) is -0.640. The lowest BCUT2D eigenvalue weighted by Crippen LogP contribution is -2.25. The Bertz CT molecular complexity index is 970. The fourth-order valence-corrected chi connectivity index (χ4v) is 3.19. The summed E-state index contributed by atoms with van der Waals surface area (Å²) in [6.45, 7) is 4.76. The standard InChI is InChI=1S/C23H26N4O3/c1-3-24-23(30)18-10-9-16(2)20(15-18)25-21(28)11-12-22(29)27-14-13-19(26-27)17-7-5-4-6-8-17/h4-10,15H,3,11-14H2,1-2H3,(H,24,30)(H,25,28). The summed E-state index contributed by atoms with van der Waals surface area (Å²) < 4.78 is 0. The van der Waals surface area contributed by atoms with E-state index in [1.807, 2.05) is 44.2 Å². The average molecular weight is 406 g/mol. The summed E-state index contributed by atoms with van der Waals surface area (Å²) in [5, 5.41) is 11.4. The number of hydrazone groups is 1. The summed E-state index contributed by atoms with van der Waals surface area (Å²) in [5.41, 5.74) is 3.79. The van der Waals surface area contributed by atoms with Gasteiger partial charge in [0.25, 0.3) is 5.91 Å². The molecule has 0 bridgehead atoms. The Morgan fingerprint density at radius 1 is 1.07 bits per heavy atom. The second-order valence-corrected chi connectivity index (χ2v) is 7.12. The largest absolute Gasteiger partial charge is 0.352 e. The normalized spacial score (nSPS) is 13.0. The van der Waals surface area contributed by atoms with E-state index in [2.05, 4.69) is 15.7 Å². The molecule has 7 nitrogen and oxygen atoms in total. The van der Waals surface area contributed by atoms with Crippen LogP contribution < -0.4 is 10.6 Å². The fraction of sp³-hybridized carbons (Fsp3) is 0.304. The van der Waals surface area contributed by atoms with Gasteiger partial charge in [-0.2, -0.15) is 5.10 Å². The molecule has 0 radical (unpaired) electrons. The number of hydrogen-bond donors (Lipinski definition) is 2. The molecule has 0 saturated heterocycles. The van der Waals surface area contributed by atoms with Crippen molar-refractivity contribution in [1.29, 1.82) is 0 Å². The predicted molar refractivity (Wildman–Crippen MR) is 116 cm³/mol. The molecule has 2 aromatic rings. The van der Waals surface area contributed by atoms with Crippen LogP contribution in [-0.2, 0) is 9.59 Å². The summed E-state index contributed by atoms with van der Waals surface area (Å²) in [7, 11) is 0. The SMILES string of the molecule is CCNC(=O)c1ccc(C)c(NC(=O)CCC(=O)N2CCC(c3ccccc3)=N2)c1. The van der Waals surface area contributed by atoms with Gasteiger partial charge in [0.05, 0.1) is 12.3 Å². The molecule has 0 aliphatic carbocycles. The molecule has 2 aromatic carbocycles. The van der Waals surface area contributed by atoms with Crippen LogP contribution in [0.4, 0.5) is 5.69 Å². The molecule has 0 unspecified atom stereocenters. The second-order valence-electron chi connectivity index (χ2n) is 7.12. The number of rotatable bonds is 7. The third-order valence-corrected chi connectivity index (χ3v) is 4.87. The molecule has 0 saturated carbocycles. The van der Waals surface area contributed by atoms with Gasteiger partial charge in [-0.15, -0.1) is 0 Å². The molecular formula is C23H26N4O3. The highest BCUT2D eigenvalue weighted by atomic mass is 16.2. The van der Waals surface area contributed by atoms with Crippen molar-refractivity contribution in [2.75, 3.05) is 18.4 Å². The van der Waals surface area contributed by atoms with Crippen LogP contribution in [0.25, 0.3) is 0 Å². The van der Waals surface area contributed by atoms with Crippen molar-refractivity contribution < 1.29 is 14.4 Å². The lowest BCUT2D eigenvalue weighted by atomic mass is 10.1. The van der Waals surface area contributed by atoms with Crippen molar-refractivity contribution in [3.05, 3.63) is 65.2 Å². The summed E-state index contributed by atoms with van der Waals surface area (Å²) in [4.78, 5) is 36.8. The Kier molecular flexibility index (Phi) is 6.95. The predicted octanol–water partition coefficient (Wildman–Crippen LogP) is 3.10. The van der Waals surface area contributed by atoms with Crippen LogP contribution in [0.15, 0.2) is 53.6 Å². The number of carbonyl (C=O) groups is 3. The van der Waals surface area contributed by atoms with Crippen molar-refractivity contribution >= 4 is 29.1 Å². The number of hydrogen-bond acceptors (Lipinski definition) is 4. The first-order valence-corrected chi connectivity index (χ1v) is 10.1. The maximum absolute atomic E-state index is 12.4. The quantitative estimate of drug-likeness (QED) is 0.740. The number of aryl methyl sites for hydroxylation is 1. The van der Waals surface area contributed by atoms with E-state index in [9.17, 15) is 14.4 Å². The Hall–Kier alpha value is -3.48. The first kappa shape index (κ1) is 21.2. The van der Waals surface area contributed by atoms with Gasteiger partial charge in [-0.05, 0) is 37.1 Å². The van der Waals surface area contributed by atoms with Crippen LogP contribution in [0.5, 0.6) is 0 Å². The number of nitrogens with zero attached hydrogens (tertiary/aromatic N) is 2. The monoisotopic (exact) mass is 406 g/mol. The van der Waals surface area contributed by atoms with Crippen LogP contribution in [0, 0.1) is 6.92 Å². The first-order valence-electron chi connectivity index (χ1n) is 10.1. The Labute approximate surface area is 176 Å². The fourth-order valence-electron chi connectivity index (χ4n) is 3.19. The van der Waals surface area contributed by atoms with Gasteiger partial charge < -0.3 is 10.6 Å². The molecule has 1 aliphatic heterocycles. The molecule has 30 heavy (non-hydrogen) atoms. The zero-order valence-electron chi connectivity index (χ0n) is 17.3. The maximum atomic E-state index is 12.4. The van der Waals surface area contributed by atoms with E-state index in [0.717, 1.165) is 16.8 Å². The van der Waals surface area contributed by atoms with Crippen molar-refractivity contribution in [2.45, 2.75) is 33.1 Å². The minimum atomic E-state index is -0.272. The van der Waals surface area contributed by atoms with Gasteiger partial charge in [-0.3, -0.25) is 14.4 Å². The number of benzene rings is 2. The molecule has 7 heteroatoms. The smallest absolute Gasteiger partial charge is 0.251 e. The van der Waals surface area contributed by atoms with Crippen LogP contribution in [0.1, 0.15) is 47.7 Å². The number of anilines is 1. The summed E-state index contributed by atoms with van der Waals surface area (Å²) in [6.07, 6.45) is 0.830. The number of amides is 3. The van der Waals surface area contributed by atoms with E-state index >= 15 is 0 Å². The summed E-state index contributed by atoms with van der Waals surface area (Å²) >= 11 is 0. The van der Waals surface area contributed by atoms with Gasteiger partial charge in [0.15, 0.2) is 0 Å². The minimum absolute atomic E-state index is 0.0519. The van der Waals surface area contributed by atoms with Gasteiger partial charge in [0.1, 0.15) is 0 Å². The van der Waals surface area contributed by atoms with Gasteiger partial charge in [-0.1, -0.05) is 36.4 Å². The molecule has 0 spiro atoms. The van der Waals surface area contributed by atoms with Crippen molar-refractivity contribution in [3.63, 3.8) is 0 Å². The zero-order chi connectivity index (χ0) is 21.5. The highest BCUT2D eigenvalue weighted by Gasteiger charge is 2.22. The van der Waals surface area contributed by atoms with E-state index < -0.39 is 0 Å².